The van der Waals surface area contributed by atoms with Crippen molar-refractivity contribution in [3.8, 4) is 6.07 Å². The Morgan fingerprint density at radius 3 is 2.18 bits per heavy atom. The first-order chi connectivity index (χ1) is 7.69. The monoisotopic (exact) mass is 232 g/mol. The Labute approximate surface area is 104 Å². The molecule has 3 heteroatoms. The van der Waals surface area contributed by atoms with Crippen LogP contribution in [-0.2, 0) is 4.74 Å². The minimum Gasteiger partial charge on any atom is -0.372 e. The molecule has 1 aromatic carbocycles. The van der Waals surface area contributed by atoms with Crippen LogP contribution >= 0.6 is 0 Å². The first-order valence-electron chi connectivity index (χ1n) is 5.59. The minimum atomic E-state index is 0. The van der Waals surface area contributed by atoms with Crippen molar-refractivity contribution >= 4 is 5.69 Å². The number of morpholine rings is 1. The SMILES string of the molecule is C.C[C@@H]1CN(c2ccc(C#N)cc2)C[C@H](C)O1. The molecule has 0 aliphatic carbocycles. The Hall–Kier alpha value is -1.53. The summed E-state index contributed by atoms with van der Waals surface area (Å²) in [6.07, 6.45) is 0.527. The highest BCUT2D eigenvalue weighted by molar-refractivity contribution is 5.50. The number of nitrogens with zero attached hydrogens (tertiary/aromatic N) is 2. The van der Waals surface area contributed by atoms with Gasteiger partial charge in [0.2, 0.25) is 0 Å². The van der Waals surface area contributed by atoms with Crippen LogP contribution in [0.15, 0.2) is 24.3 Å². The third kappa shape index (κ3) is 3.21. The van der Waals surface area contributed by atoms with Gasteiger partial charge in [-0.1, -0.05) is 7.43 Å². The topological polar surface area (TPSA) is 36.3 Å². The molecule has 0 N–H and O–H groups in total. The summed E-state index contributed by atoms with van der Waals surface area (Å²) in [6, 6.07) is 9.86. The van der Waals surface area contributed by atoms with E-state index >= 15 is 0 Å². The minimum absolute atomic E-state index is 0. The molecule has 0 radical (unpaired) electrons. The lowest BCUT2D eigenvalue weighted by atomic mass is 10.1. The third-order valence-electron chi connectivity index (χ3n) is 2.78. The van der Waals surface area contributed by atoms with Crippen molar-refractivity contribution < 1.29 is 4.74 Å². The highest BCUT2D eigenvalue weighted by Gasteiger charge is 2.22. The molecule has 1 aliphatic heterocycles. The fourth-order valence-corrected chi connectivity index (χ4v) is 2.14. The van der Waals surface area contributed by atoms with Crippen LogP contribution in [0.25, 0.3) is 0 Å². The molecule has 1 aromatic rings. The van der Waals surface area contributed by atoms with Gasteiger partial charge in [-0.2, -0.15) is 5.26 Å². The highest BCUT2D eigenvalue weighted by Crippen LogP contribution is 2.20. The zero-order valence-electron chi connectivity index (χ0n) is 9.68. The quantitative estimate of drug-likeness (QED) is 0.747. The maximum Gasteiger partial charge on any atom is 0.0991 e. The summed E-state index contributed by atoms with van der Waals surface area (Å²) < 4.78 is 5.69. The normalized spacial score (nSPS) is 23.7. The van der Waals surface area contributed by atoms with Crippen LogP contribution in [0.5, 0.6) is 0 Å². The second kappa shape index (κ2) is 5.70. The molecule has 0 saturated carbocycles. The van der Waals surface area contributed by atoms with Crippen LogP contribution in [0.1, 0.15) is 26.8 Å². The van der Waals surface area contributed by atoms with E-state index < -0.39 is 0 Å². The highest BCUT2D eigenvalue weighted by atomic mass is 16.5. The molecule has 92 valence electrons. The summed E-state index contributed by atoms with van der Waals surface area (Å²) in [4.78, 5) is 2.31. The predicted octanol–water partition coefficient (Wildman–Crippen LogP) is 2.81. The molecule has 2 rings (SSSR count). The van der Waals surface area contributed by atoms with E-state index in [1.54, 1.807) is 0 Å². The van der Waals surface area contributed by atoms with Gasteiger partial charge in [0.05, 0.1) is 23.8 Å². The second-order valence-electron chi connectivity index (χ2n) is 4.32. The van der Waals surface area contributed by atoms with Crippen molar-refractivity contribution in [1.29, 1.82) is 5.26 Å². The number of anilines is 1. The Balaban J connectivity index is 0.00000144. The Morgan fingerprint density at radius 1 is 1.18 bits per heavy atom. The number of nitriles is 1. The van der Waals surface area contributed by atoms with E-state index in [2.05, 4.69) is 24.8 Å². The van der Waals surface area contributed by atoms with Gasteiger partial charge in [0.25, 0.3) is 0 Å². The molecular weight excluding hydrogens is 212 g/mol. The van der Waals surface area contributed by atoms with Gasteiger partial charge in [0, 0.05) is 18.8 Å². The van der Waals surface area contributed by atoms with E-state index in [9.17, 15) is 0 Å². The van der Waals surface area contributed by atoms with Gasteiger partial charge in [-0.15, -0.1) is 0 Å². The average Bonchev–Trinajstić information content (AvgIpc) is 2.28. The van der Waals surface area contributed by atoms with Crippen LogP contribution < -0.4 is 4.90 Å². The Bertz CT molecular complexity index is 384. The molecular formula is C14H20N2O. The number of rotatable bonds is 1. The molecule has 0 unspecified atom stereocenters. The van der Waals surface area contributed by atoms with Crippen molar-refractivity contribution in [2.45, 2.75) is 33.5 Å². The van der Waals surface area contributed by atoms with Crippen LogP contribution in [0.3, 0.4) is 0 Å². The van der Waals surface area contributed by atoms with E-state index in [4.69, 9.17) is 10.00 Å². The van der Waals surface area contributed by atoms with Gasteiger partial charge >= 0.3 is 0 Å². The zero-order chi connectivity index (χ0) is 11.5. The lowest BCUT2D eigenvalue weighted by Crippen LogP contribution is -2.45. The molecule has 0 aromatic heterocycles. The molecule has 2 atom stereocenters. The summed E-state index contributed by atoms with van der Waals surface area (Å²) in [7, 11) is 0. The molecule has 17 heavy (non-hydrogen) atoms. The average molecular weight is 232 g/mol. The molecule has 1 heterocycles. The van der Waals surface area contributed by atoms with Gasteiger partial charge in [-0.05, 0) is 38.1 Å². The number of hydrogen-bond acceptors (Lipinski definition) is 3. The summed E-state index contributed by atoms with van der Waals surface area (Å²) >= 11 is 0. The molecule has 0 spiro atoms. The van der Waals surface area contributed by atoms with E-state index in [1.807, 2.05) is 24.3 Å². The van der Waals surface area contributed by atoms with Gasteiger partial charge < -0.3 is 9.64 Å². The Kier molecular flexibility index (Phi) is 4.53. The van der Waals surface area contributed by atoms with Crippen LogP contribution in [0.4, 0.5) is 5.69 Å². The van der Waals surface area contributed by atoms with Crippen LogP contribution in [0.2, 0.25) is 0 Å². The van der Waals surface area contributed by atoms with E-state index in [1.165, 1.54) is 5.69 Å². The smallest absolute Gasteiger partial charge is 0.0991 e. The van der Waals surface area contributed by atoms with Crippen molar-refractivity contribution in [1.82, 2.24) is 0 Å². The van der Waals surface area contributed by atoms with Crippen LogP contribution in [-0.4, -0.2) is 25.3 Å². The van der Waals surface area contributed by atoms with E-state index in [0.29, 0.717) is 5.56 Å². The summed E-state index contributed by atoms with van der Waals surface area (Å²) in [6.45, 7) is 6.01. The summed E-state index contributed by atoms with van der Waals surface area (Å²) in [5, 5.41) is 8.74. The number of benzene rings is 1. The number of hydrogen-bond donors (Lipinski definition) is 0. The van der Waals surface area contributed by atoms with Gasteiger partial charge in [-0.25, -0.2) is 0 Å². The fraction of sp³-hybridized carbons (Fsp3) is 0.500. The third-order valence-corrected chi connectivity index (χ3v) is 2.78. The summed E-state index contributed by atoms with van der Waals surface area (Å²) in [5.41, 5.74) is 1.87. The molecule has 1 saturated heterocycles. The molecule has 0 amide bonds. The van der Waals surface area contributed by atoms with E-state index in [-0.39, 0.29) is 19.6 Å². The van der Waals surface area contributed by atoms with E-state index in [0.717, 1.165) is 13.1 Å². The van der Waals surface area contributed by atoms with Gasteiger partial charge in [-0.3, -0.25) is 0 Å². The lowest BCUT2D eigenvalue weighted by Gasteiger charge is -2.36. The van der Waals surface area contributed by atoms with Crippen molar-refractivity contribution in [2.75, 3.05) is 18.0 Å². The molecule has 1 fully saturated rings. The first kappa shape index (κ1) is 13.5. The molecule has 3 nitrogen and oxygen atoms in total. The van der Waals surface area contributed by atoms with Gasteiger partial charge in [0.1, 0.15) is 0 Å². The lowest BCUT2D eigenvalue weighted by molar-refractivity contribution is -0.00521. The Morgan fingerprint density at radius 2 is 1.71 bits per heavy atom. The first-order valence-corrected chi connectivity index (χ1v) is 5.59. The second-order valence-corrected chi connectivity index (χ2v) is 4.32. The standard InChI is InChI=1S/C13H16N2O.CH4/c1-10-8-15(9-11(2)16-10)13-5-3-12(7-14)4-6-13;/h3-6,10-11H,8-9H2,1-2H3;1H4/t10-,11+;. The number of ether oxygens (including phenoxy) is 1. The van der Waals surface area contributed by atoms with Crippen molar-refractivity contribution in [3.63, 3.8) is 0 Å². The van der Waals surface area contributed by atoms with Crippen molar-refractivity contribution in [2.24, 2.45) is 0 Å². The predicted molar refractivity (Wildman–Crippen MR) is 70.1 cm³/mol. The zero-order valence-corrected chi connectivity index (χ0v) is 9.68. The maximum absolute atomic E-state index is 8.74. The largest absolute Gasteiger partial charge is 0.372 e. The molecule has 0 bridgehead atoms. The summed E-state index contributed by atoms with van der Waals surface area (Å²) in [5.74, 6) is 0. The van der Waals surface area contributed by atoms with Gasteiger partial charge in [0.15, 0.2) is 0 Å². The van der Waals surface area contributed by atoms with Crippen LogP contribution in [0, 0.1) is 11.3 Å². The fourth-order valence-electron chi connectivity index (χ4n) is 2.14. The van der Waals surface area contributed by atoms with Crippen molar-refractivity contribution in [3.05, 3.63) is 29.8 Å². The maximum atomic E-state index is 8.74. The molecule has 1 aliphatic rings.